The van der Waals surface area contributed by atoms with Gasteiger partial charge in [0.2, 0.25) is 0 Å². The van der Waals surface area contributed by atoms with Gasteiger partial charge in [-0.15, -0.1) is 0 Å². The number of hydrogen-bond acceptors (Lipinski definition) is 4. The summed E-state index contributed by atoms with van der Waals surface area (Å²) in [5, 5.41) is 12.0. The van der Waals surface area contributed by atoms with E-state index in [1.54, 1.807) is 0 Å². The van der Waals surface area contributed by atoms with Crippen molar-refractivity contribution in [2.45, 2.75) is 18.9 Å². The second-order valence-corrected chi connectivity index (χ2v) is 4.01. The van der Waals surface area contributed by atoms with E-state index in [4.69, 9.17) is 15.6 Å². The van der Waals surface area contributed by atoms with Crippen molar-refractivity contribution in [2.24, 2.45) is 5.73 Å². The SMILES string of the molecule is NCC1Cc2cc(NCCCO)ccc2O1. The van der Waals surface area contributed by atoms with E-state index in [0.29, 0.717) is 6.54 Å². The van der Waals surface area contributed by atoms with Gasteiger partial charge in [-0.1, -0.05) is 0 Å². The largest absolute Gasteiger partial charge is 0.488 e. The Bertz CT molecular complexity index is 355. The molecule has 0 aromatic heterocycles. The first kappa shape index (κ1) is 11.2. The minimum atomic E-state index is 0.127. The molecule has 1 aliphatic rings. The smallest absolute Gasteiger partial charge is 0.123 e. The van der Waals surface area contributed by atoms with Crippen molar-refractivity contribution in [3.05, 3.63) is 23.8 Å². The number of nitrogens with two attached hydrogens (primary N) is 1. The van der Waals surface area contributed by atoms with Gasteiger partial charge in [-0.3, -0.25) is 0 Å². The van der Waals surface area contributed by atoms with Gasteiger partial charge in [-0.2, -0.15) is 0 Å². The lowest BCUT2D eigenvalue weighted by Gasteiger charge is -2.07. The van der Waals surface area contributed by atoms with Gasteiger partial charge in [0.15, 0.2) is 0 Å². The molecule has 0 spiro atoms. The second-order valence-electron chi connectivity index (χ2n) is 4.01. The number of rotatable bonds is 5. The highest BCUT2D eigenvalue weighted by molar-refractivity contribution is 5.52. The van der Waals surface area contributed by atoms with Crippen molar-refractivity contribution in [2.75, 3.05) is 25.0 Å². The van der Waals surface area contributed by atoms with Gasteiger partial charge in [0.05, 0.1) is 0 Å². The first-order chi connectivity index (χ1) is 7.83. The van der Waals surface area contributed by atoms with E-state index >= 15 is 0 Å². The van der Waals surface area contributed by atoms with Crippen LogP contribution in [0.15, 0.2) is 18.2 Å². The molecular weight excluding hydrogens is 204 g/mol. The van der Waals surface area contributed by atoms with Crippen LogP contribution in [0.1, 0.15) is 12.0 Å². The third kappa shape index (κ3) is 2.46. The van der Waals surface area contributed by atoms with Gasteiger partial charge >= 0.3 is 0 Å². The molecule has 1 heterocycles. The summed E-state index contributed by atoms with van der Waals surface area (Å²) in [7, 11) is 0. The van der Waals surface area contributed by atoms with Gasteiger partial charge in [0.1, 0.15) is 11.9 Å². The highest BCUT2D eigenvalue weighted by Gasteiger charge is 2.21. The zero-order valence-electron chi connectivity index (χ0n) is 9.28. The third-order valence-electron chi connectivity index (χ3n) is 2.73. The summed E-state index contributed by atoms with van der Waals surface area (Å²) < 4.78 is 5.64. The summed E-state index contributed by atoms with van der Waals surface area (Å²) in [6.45, 7) is 1.56. The topological polar surface area (TPSA) is 67.5 Å². The molecule has 0 radical (unpaired) electrons. The van der Waals surface area contributed by atoms with Crippen molar-refractivity contribution in [3.63, 3.8) is 0 Å². The van der Waals surface area contributed by atoms with Crippen LogP contribution < -0.4 is 15.8 Å². The average molecular weight is 222 g/mol. The molecule has 0 saturated heterocycles. The summed E-state index contributed by atoms with van der Waals surface area (Å²) in [6.07, 6.45) is 1.78. The Labute approximate surface area is 95.4 Å². The number of ether oxygens (including phenoxy) is 1. The van der Waals surface area contributed by atoms with Crippen LogP contribution in [-0.4, -0.2) is 30.9 Å². The van der Waals surface area contributed by atoms with Crippen LogP contribution in [0.25, 0.3) is 0 Å². The van der Waals surface area contributed by atoms with Crippen molar-refractivity contribution < 1.29 is 9.84 Å². The summed E-state index contributed by atoms with van der Waals surface area (Å²) in [6, 6.07) is 6.07. The van der Waals surface area contributed by atoms with Crippen LogP contribution in [0.5, 0.6) is 5.75 Å². The fourth-order valence-corrected chi connectivity index (χ4v) is 1.87. The molecule has 1 aliphatic heterocycles. The summed E-state index contributed by atoms with van der Waals surface area (Å²) in [5.74, 6) is 0.947. The van der Waals surface area contributed by atoms with Gasteiger partial charge in [0, 0.05) is 31.8 Å². The molecule has 4 heteroatoms. The Morgan fingerprint density at radius 3 is 3.12 bits per heavy atom. The zero-order chi connectivity index (χ0) is 11.4. The van der Waals surface area contributed by atoms with E-state index in [0.717, 1.165) is 30.8 Å². The van der Waals surface area contributed by atoms with Crippen LogP contribution in [0.2, 0.25) is 0 Å². The first-order valence-electron chi connectivity index (χ1n) is 5.68. The molecule has 4 N–H and O–H groups in total. The highest BCUT2D eigenvalue weighted by atomic mass is 16.5. The number of anilines is 1. The number of aliphatic hydroxyl groups is 1. The molecule has 1 aromatic carbocycles. The molecule has 0 amide bonds. The molecule has 0 aliphatic carbocycles. The lowest BCUT2D eigenvalue weighted by atomic mass is 10.1. The van der Waals surface area contributed by atoms with Crippen molar-refractivity contribution in [1.29, 1.82) is 0 Å². The standard InChI is InChI=1S/C12H18N2O2/c13-8-11-7-9-6-10(14-4-1-5-15)2-3-12(9)16-11/h2-3,6,11,14-15H,1,4-5,7-8,13H2. The molecule has 0 saturated carbocycles. The van der Waals surface area contributed by atoms with E-state index < -0.39 is 0 Å². The van der Waals surface area contributed by atoms with E-state index in [1.807, 2.05) is 12.1 Å². The molecule has 1 aromatic rings. The van der Waals surface area contributed by atoms with Crippen molar-refractivity contribution in [3.8, 4) is 5.75 Å². The van der Waals surface area contributed by atoms with E-state index in [9.17, 15) is 0 Å². The number of fused-ring (bicyclic) bond motifs is 1. The summed E-state index contributed by atoms with van der Waals surface area (Å²) in [4.78, 5) is 0. The molecule has 0 fully saturated rings. The maximum Gasteiger partial charge on any atom is 0.123 e. The highest BCUT2D eigenvalue weighted by Crippen LogP contribution is 2.30. The fraction of sp³-hybridized carbons (Fsp3) is 0.500. The Morgan fingerprint density at radius 1 is 1.50 bits per heavy atom. The Kier molecular flexibility index (Phi) is 3.64. The lowest BCUT2D eigenvalue weighted by Crippen LogP contribution is -2.24. The zero-order valence-corrected chi connectivity index (χ0v) is 9.28. The number of nitrogens with one attached hydrogen (secondary N) is 1. The first-order valence-corrected chi connectivity index (χ1v) is 5.68. The Balaban J connectivity index is 1.98. The van der Waals surface area contributed by atoms with Crippen LogP contribution in [0.3, 0.4) is 0 Å². The van der Waals surface area contributed by atoms with Crippen LogP contribution in [0.4, 0.5) is 5.69 Å². The second kappa shape index (κ2) is 5.18. The van der Waals surface area contributed by atoms with E-state index in [1.165, 1.54) is 5.56 Å². The molecule has 0 bridgehead atoms. The normalized spacial score (nSPS) is 18.0. The number of aliphatic hydroxyl groups excluding tert-OH is 1. The van der Waals surface area contributed by atoms with Crippen molar-refractivity contribution in [1.82, 2.24) is 0 Å². The Morgan fingerprint density at radius 2 is 2.38 bits per heavy atom. The van der Waals surface area contributed by atoms with Crippen LogP contribution in [-0.2, 0) is 6.42 Å². The molecule has 2 rings (SSSR count). The molecule has 1 atom stereocenters. The average Bonchev–Trinajstić information content (AvgIpc) is 2.71. The van der Waals surface area contributed by atoms with E-state index in [-0.39, 0.29) is 12.7 Å². The Hall–Kier alpha value is -1.26. The monoisotopic (exact) mass is 222 g/mol. The summed E-state index contributed by atoms with van der Waals surface area (Å²) in [5.41, 5.74) is 7.87. The van der Waals surface area contributed by atoms with Gasteiger partial charge in [0.25, 0.3) is 0 Å². The molecule has 4 nitrogen and oxygen atoms in total. The van der Waals surface area contributed by atoms with Gasteiger partial charge in [-0.25, -0.2) is 0 Å². The minimum Gasteiger partial charge on any atom is -0.488 e. The van der Waals surface area contributed by atoms with Crippen LogP contribution >= 0.6 is 0 Å². The predicted molar refractivity (Wildman–Crippen MR) is 63.8 cm³/mol. The number of benzene rings is 1. The number of hydrogen-bond donors (Lipinski definition) is 3. The van der Waals surface area contributed by atoms with Gasteiger partial charge in [-0.05, 0) is 30.2 Å². The molecule has 1 unspecified atom stereocenters. The molecule has 16 heavy (non-hydrogen) atoms. The molecular formula is C12H18N2O2. The predicted octanol–water partition coefficient (Wildman–Crippen LogP) is 0.743. The van der Waals surface area contributed by atoms with E-state index in [2.05, 4.69) is 11.4 Å². The lowest BCUT2D eigenvalue weighted by molar-refractivity contribution is 0.241. The van der Waals surface area contributed by atoms with Crippen molar-refractivity contribution >= 4 is 5.69 Å². The minimum absolute atomic E-state index is 0.127. The summed E-state index contributed by atoms with van der Waals surface area (Å²) >= 11 is 0. The third-order valence-corrected chi connectivity index (χ3v) is 2.73. The maximum atomic E-state index is 8.69. The fourth-order valence-electron chi connectivity index (χ4n) is 1.87. The quantitative estimate of drug-likeness (QED) is 0.643. The molecule has 88 valence electrons. The van der Waals surface area contributed by atoms with Gasteiger partial charge < -0.3 is 20.9 Å². The maximum absolute atomic E-state index is 8.69. The van der Waals surface area contributed by atoms with Crippen LogP contribution in [0, 0.1) is 0 Å².